The summed E-state index contributed by atoms with van der Waals surface area (Å²) < 4.78 is 5.16. The number of nitrogens with one attached hydrogen (secondary N) is 1. The minimum absolute atomic E-state index is 0.488. The summed E-state index contributed by atoms with van der Waals surface area (Å²) in [6, 6.07) is 5.55. The van der Waals surface area contributed by atoms with Crippen LogP contribution in [0.25, 0.3) is 11.5 Å². The molecule has 0 amide bonds. The van der Waals surface area contributed by atoms with Crippen LogP contribution in [0.4, 0.5) is 0 Å². The highest BCUT2D eigenvalue weighted by atomic mass is 32.2. The summed E-state index contributed by atoms with van der Waals surface area (Å²) in [4.78, 5) is 12.6. The van der Waals surface area contributed by atoms with E-state index in [0.29, 0.717) is 28.3 Å². The van der Waals surface area contributed by atoms with Gasteiger partial charge in [0.2, 0.25) is 16.9 Å². The lowest BCUT2D eigenvalue weighted by atomic mass is 10.3. The monoisotopic (exact) mass is 274 g/mol. The Hall–Kier alpha value is -2.22. The maximum absolute atomic E-state index is 5.16. The van der Waals surface area contributed by atoms with Crippen LogP contribution in [0.5, 0.6) is 0 Å². The van der Waals surface area contributed by atoms with E-state index in [-0.39, 0.29) is 0 Å². The number of H-pyrrole nitrogens is 1. The average molecular weight is 274 g/mol. The summed E-state index contributed by atoms with van der Waals surface area (Å²) in [6.07, 6.45) is 1.69. The molecule has 1 N–H and O–H groups in total. The van der Waals surface area contributed by atoms with Crippen molar-refractivity contribution in [2.45, 2.75) is 17.8 Å². The van der Waals surface area contributed by atoms with Gasteiger partial charge in [-0.15, -0.1) is 5.10 Å². The fourth-order valence-corrected chi connectivity index (χ4v) is 2.11. The van der Waals surface area contributed by atoms with Crippen molar-refractivity contribution in [1.82, 2.24) is 30.3 Å². The molecule has 3 aromatic heterocycles. The number of hydrogen-bond donors (Lipinski definition) is 1. The van der Waals surface area contributed by atoms with E-state index in [1.807, 2.05) is 25.1 Å². The molecule has 0 saturated carbocycles. The van der Waals surface area contributed by atoms with Crippen LogP contribution in [0.1, 0.15) is 11.7 Å². The zero-order valence-corrected chi connectivity index (χ0v) is 10.9. The number of nitrogens with zero attached hydrogens (tertiary/aromatic N) is 5. The van der Waals surface area contributed by atoms with Gasteiger partial charge in [0, 0.05) is 6.20 Å². The van der Waals surface area contributed by atoms with Gasteiger partial charge in [0.25, 0.3) is 0 Å². The molecule has 8 heteroatoms. The highest BCUT2D eigenvalue weighted by Crippen LogP contribution is 2.19. The van der Waals surface area contributed by atoms with Crippen molar-refractivity contribution in [2.75, 3.05) is 0 Å². The van der Waals surface area contributed by atoms with Gasteiger partial charge in [-0.05, 0) is 19.1 Å². The molecule has 0 aliphatic heterocycles. The Morgan fingerprint density at radius 2 is 2.26 bits per heavy atom. The van der Waals surface area contributed by atoms with Crippen molar-refractivity contribution in [2.24, 2.45) is 0 Å². The zero-order valence-electron chi connectivity index (χ0n) is 10.1. The molecule has 0 aliphatic carbocycles. The van der Waals surface area contributed by atoms with Gasteiger partial charge in [-0.3, -0.25) is 10.1 Å². The second-order valence-corrected chi connectivity index (χ2v) is 4.66. The molecule has 3 heterocycles. The minimum Gasteiger partial charge on any atom is -0.338 e. The van der Waals surface area contributed by atoms with Gasteiger partial charge in [0.15, 0.2) is 0 Å². The summed E-state index contributed by atoms with van der Waals surface area (Å²) in [5, 5.41) is 11.4. The first-order chi connectivity index (χ1) is 9.31. The molecule has 0 atom stereocenters. The standard InChI is InChI=1S/C11H10N6OS/c1-7-13-11(16-15-7)19-6-9-14-10(17-18-9)8-4-2-3-5-12-8/h2-5H,6H2,1H3,(H,13,15,16). The smallest absolute Gasteiger partial charge is 0.237 e. The molecule has 3 aromatic rings. The van der Waals surface area contributed by atoms with E-state index in [4.69, 9.17) is 4.52 Å². The van der Waals surface area contributed by atoms with E-state index in [2.05, 4.69) is 30.3 Å². The van der Waals surface area contributed by atoms with Crippen LogP contribution >= 0.6 is 11.8 Å². The van der Waals surface area contributed by atoms with Crippen LogP contribution < -0.4 is 0 Å². The molecule has 0 aliphatic rings. The molecule has 0 saturated heterocycles. The Labute approximate surface area is 112 Å². The first-order valence-corrected chi connectivity index (χ1v) is 6.55. The number of aromatic nitrogens is 6. The summed E-state index contributed by atoms with van der Waals surface area (Å²) in [6.45, 7) is 1.85. The number of aryl methyl sites for hydroxylation is 1. The number of aromatic amines is 1. The second kappa shape index (κ2) is 5.19. The molecule has 7 nitrogen and oxygen atoms in total. The third-order valence-corrected chi connectivity index (χ3v) is 3.10. The number of hydrogen-bond acceptors (Lipinski definition) is 7. The first-order valence-electron chi connectivity index (χ1n) is 5.57. The summed E-state index contributed by atoms with van der Waals surface area (Å²) >= 11 is 1.43. The Morgan fingerprint density at radius 1 is 1.32 bits per heavy atom. The maximum atomic E-state index is 5.16. The number of rotatable bonds is 4. The molecule has 0 unspecified atom stereocenters. The number of thioether (sulfide) groups is 1. The second-order valence-electron chi connectivity index (χ2n) is 3.72. The van der Waals surface area contributed by atoms with Gasteiger partial charge in [0.05, 0.1) is 5.75 Å². The first kappa shape index (κ1) is 11.8. The Balaban J connectivity index is 1.68. The third kappa shape index (κ3) is 2.79. The predicted molar refractivity (Wildman–Crippen MR) is 68.2 cm³/mol. The molecule has 0 bridgehead atoms. The van der Waals surface area contributed by atoms with Crippen molar-refractivity contribution in [3.8, 4) is 11.5 Å². The molecule has 0 spiro atoms. The van der Waals surface area contributed by atoms with Gasteiger partial charge >= 0.3 is 0 Å². The fraction of sp³-hybridized carbons (Fsp3) is 0.182. The Morgan fingerprint density at radius 3 is 3.00 bits per heavy atom. The molecular weight excluding hydrogens is 264 g/mol. The van der Waals surface area contributed by atoms with E-state index < -0.39 is 0 Å². The van der Waals surface area contributed by atoms with E-state index in [0.717, 1.165) is 5.82 Å². The van der Waals surface area contributed by atoms with Gasteiger partial charge in [-0.2, -0.15) is 4.98 Å². The summed E-state index contributed by atoms with van der Waals surface area (Å²) in [7, 11) is 0. The van der Waals surface area contributed by atoms with Crippen LogP contribution in [0, 0.1) is 6.92 Å². The van der Waals surface area contributed by atoms with Gasteiger partial charge < -0.3 is 4.52 Å². The lowest BCUT2D eigenvalue weighted by molar-refractivity contribution is 0.391. The lowest BCUT2D eigenvalue weighted by Crippen LogP contribution is -1.85. The molecule has 0 radical (unpaired) electrons. The lowest BCUT2D eigenvalue weighted by Gasteiger charge is -1.90. The molecule has 19 heavy (non-hydrogen) atoms. The quantitative estimate of drug-likeness (QED) is 0.725. The van der Waals surface area contributed by atoms with Crippen molar-refractivity contribution in [3.05, 3.63) is 36.1 Å². The normalized spacial score (nSPS) is 10.8. The SMILES string of the molecule is Cc1nc(SCc2nc(-c3ccccn3)no2)n[nH]1. The number of pyridine rings is 1. The van der Waals surface area contributed by atoms with Gasteiger partial charge in [-0.1, -0.05) is 23.0 Å². The largest absolute Gasteiger partial charge is 0.338 e. The summed E-state index contributed by atoms with van der Waals surface area (Å²) in [5.74, 6) is 2.31. The Bertz CT molecular complexity index is 665. The van der Waals surface area contributed by atoms with Crippen LogP contribution in [0.3, 0.4) is 0 Å². The topological polar surface area (TPSA) is 93.4 Å². The van der Waals surface area contributed by atoms with Crippen LogP contribution in [-0.4, -0.2) is 30.3 Å². The highest BCUT2D eigenvalue weighted by Gasteiger charge is 2.10. The van der Waals surface area contributed by atoms with Crippen molar-refractivity contribution < 1.29 is 4.52 Å². The fourth-order valence-electron chi connectivity index (χ4n) is 1.43. The van der Waals surface area contributed by atoms with Crippen molar-refractivity contribution in [3.63, 3.8) is 0 Å². The predicted octanol–water partition coefficient (Wildman–Crippen LogP) is 1.85. The molecule has 0 aromatic carbocycles. The minimum atomic E-state index is 0.488. The molecule has 3 rings (SSSR count). The van der Waals surface area contributed by atoms with E-state index >= 15 is 0 Å². The molecular formula is C11H10N6OS. The van der Waals surface area contributed by atoms with Crippen LogP contribution in [0.15, 0.2) is 34.1 Å². The maximum Gasteiger partial charge on any atom is 0.237 e. The average Bonchev–Trinajstić information content (AvgIpc) is 3.06. The van der Waals surface area contributed by atoms with Crippen LogP contribution in [0.2, 0.25) is 0 Å². The third-order valence-electron chi connectivity index (χ3n) is 2.26. The highest BCUT2D eigenvalue weighted by molar-refractivity contribution is 7.98. The molecule has 96 valence electrons. The van der Waals surface area contributed by atoms with Crippen molar-refractivity contribution in [1.29, 1.82) is 0 Å². The summed E-state index contributed by atoms with van der Waals surface area (Å²) in [5.41, 5.74) is 0.691. The van der Waals surface area contributed by atoms with Gasteiger partial charge in [-0.25, -0.2) is 4.98 Å². The van der Waals surface area contributed by atoms with Crippen molar-refractivity contribution >= 4 is 11.8 Å². The van der Waals surface area contributed by atoms with Crippen LogP contribution in [-0.2, 0) is 5.75 Å². The van der Waals surface area contributed by atoms with Gasteiger partial charge in [0.1, 0.15) is 11.5 Å². The zero-order chi connectivity index (χ0) is 13.1. The molecule has 0 fully saturated rings. The van der Waals surface area contributed by atoms with E-state index in [1.165, 1.54) is 11.8 Å². The Kier molecular flexibility index (Phi) is 3.23. The van der Waals surface area contributed by atoms with E-state index in [9.17, 15) is 0 Å². The van der Waals surface area contributed by atoms with E-state index in [1.54, 1.807) is 6.20 Å².